The molecule has 6 heteroatoms. The summed E-state index contributed by atoms with van der Waals surface area (Å²) in [6.07, 6.45) is 2.95. The van der Waals surface area contributed by atoms with E-state index in [1.54, 1.807) is 0 Å². The maximum Gasteiger partial charge on any atom is 0.387 e. The van der Waals surface area contributed by atoms with E-state index in [2.05, 4.69) is 9.72 Å². The number of aromatic nitrogens is 1. The van der Waals surface area contributed by atoms with Gasteiger partial charge in [0.2, 0.25) is 0 Å². The van der Waals surface area contributed by atoms with E-state index in [0.717, 1.165) is 0 Å². The van der Waals surface area contributed by atoms with Crippen LogP contribution >= 0.6 is 0 Å². The molecule has 0 aliphatic heterocycles. The van der Waals surface area contributed by atoms with Crippen LogP contribution in [0.25, 0.3) is 0 Å². The van der Waals surface area contributed by atoms with Gasteiger partial charge in [0.25, 0.3) is 0 Å². The van der Waals surface area contributed by atoms with Gasteiger partial charge in [-0.05, 0) is 24.3 Å². The number of pyridine rings is 1. The Bertz CT molecular complexity index is 603. The molecule has 0 fully saturated rings. The van der Waals surface area contributed by atoms with Crippen LogP contribution in [0.4, 0.5) is 8.78 Å². The number of ketones is 1. The monoisotopic (exact) mass is 279 g/mol. The van der Waals surface area contributed by atoms with Crippen LogP contribution in [-0.4, -0.2) is 24.5 Å². The summed E-state index contributed by atoms with van der Waals surface area (Å²) < 4.78 is 33.8. The Hall–Kier alpha value is -2.50. The van der Waals surface area contributed by atoms with Gasteiger partial charge in [0, 0.05) is 29.6 Å². The summed E-state index contributed by atoms with van der Waals surface area (Å²) in [4.78, 5) is 16.0. The van der Waals surface area contributed by atoms with E-state index in [0.29, 0.717) is 5.56 Å². The zero-order chi connectivity index (χ0) is 14.5. The zero-order valence-electron chi connectivity index (χ0n) is 10.5. The van der Waals surface area contributed by atoms with Crippen molar-refractivity contribution in [3.8, 4) is 11.5 Å². The van der Waals surface area contributed by atoms with Crippen molar-refractivity contribution in [3.05, 3.63) is 53.9 Å². The molecule has 0 spiro atoms. The first-order valence-electron chi connectivity index (χ1n) is 5.69. The van der Waals surface area contributed by atoms with Crippen LogP contribution in [-0.2, 0) is 0 Å². The first-order valence-corrected chi connectivity index (χ1v) is 5.69. The molecule has 0 aliphatic rings. The van der Waals surface area contributed by atoms with Crippen molar-refractivity contribution in [1.29, 1.82) is 0 Å². The lowest BCUT2D eigenvalue weighted by atomic mass is 10.0. The van der Waals surface area contributed by atoms with E-state index >= 15 is 0 Å². The average Bonchev–Trinajstić information content (AvgIpc) is 2.46. The number of benzene rings is 1. The minimum Gasteiger partial charge on any atom is -0.497 e. The summed E-state index contributed by atoms with van der Waals surface area (Å²) in [5.74, 6) is -0.192. The predicted octanol–water partition coefficient (Wildman–Crippen LogP) is 2.92. The fourth-order valence-corrected chi connectivity index (χ4v) is 1.66. The summed E-state index contributed by atoms with van der Waals surface area (Å²) in [6, 6.07) is 7.07. The first-order chi connectivity index (χ1) is 9.60. The Kier molecular flexibility index (Phi) is 4.24. The van der Waals surface area contributed by atoms with Gasteiger partial charge in [0.15, 0.2) is 5.78 Å². The second-order valence-corrected chi connectivity index (χ2v) is 3.84. The van der Waals surface area contributed by atoms with Crippen molar-refractivity contribution >= 4 is 5.78 Å². The highest BCUT2D eigenvalue weighted by atomic mass is 19.3. The van der Waals surface area contributed by atoms with Gasteiger partial charge in [0.1, 0.15) is 11.5 Å². The normalized spacial score (nSPS) is 10.4. The lowest BCUT2D eigenvalue weighted by Gasteiger charge is -2.09. The Morgan fingerprint density at radius 2 is 1.75 bits per heavy atom. The van der Waals surface area contributed by atoms with Crippen LogP contribution in [0.15, 0.2) is 42.7 Å². The number of carbonyl (C=O) groups excluding carboxylic acids is 1. The van der Waals surface area contributed by atoms with Crippen molar-refractivity contribution < 1.29 is 23.0 Å². The molecule has 0 radical (unpaired) electrons. The minimum atomic E-state index is -2.97. The number of alkyl halides is 2. The number of hydrogen-bond donors (Lipinski definition) is 0. The Morgan fingerprint density at radius 1 is 1.10 bits per heavy atom. The van der Waals surface area contributed by atoms with Crippen LogP contribution in [0.2, 0.25) is 0 Å². The second-order valence-electron chi connectivity index (χ2n) is 3.84. The van der Waals surface area contributed by atoms with Crippen molar-refractivity contribution in [1.82, 2.24) is 4.98 Å². The van der Waals surface area contributed by atoms with Gasteiger partial charge in [-0.15, -0.1) is 0 Å². The van der Waals surface area contributed by atoms with Gasteiger partial charge in [0.05, 0.1) is 7.11 Å². The molecule has 0 saturated carbocycles. The van der Waals surface area contributed by atoms with Crippen LogP contribution in [0.3, 0.4) is 0 Å². The first kappa shape index (κ1) is 13.9. The van der Waals surface area contributed by atoms with Gasteiger partial charge in [-0.1, -0.05) is 0 Å². The van der Waals surface area contributed by atoms with Crippen LogP contribution in [0.1, 0.15) is 15.9 Å². The molecule has 0 atom stereocenters. The van der Waals surface area contributed by atoms with Crippen LogP contribution in [0.5, 0.6) is 11.5 Å². The lowest BCUT2D eigenvalue weighted by Crippen LogP contribution is -2.06. The highest BCUT2D eigenvalue weighted by Gasteiger charge is 2.14. The topological polar surface area (TPSA) is 48.4 Å². The molecular weight excluding hydrogens is 268 g/mol. The number of ether oxygens (including phenoxy) is 2. The molecule has 20 heavy (non-hydrogen) atoms. The molecule has 1 aromatic carbocycles. The fraction of sp³-hybridized carbons (Fsp3) is 0.143. The Balaban J connectivity index is 2.38. The highest BCUT2D eigenvalue weighted by molar-refractivity contribution is 6.09. The summed E-state index contributed by atoms with van der Waals surface area (Å²) in [5, 5.41) is 0. The van der Waals surface area contributed by atoms with Gasteiger partial charge in [-0.2, -0.15) is 8.78 Å². The molecule has 2 aromatic rings. The van der Waals surface area contributed by atoms with Gasteiger partial charge in [-0.25, -0.2) is 0 Å². The summed E-state index contributed by atoms with van der Waals surface area (Å²) in [7, 11) is 1.38. The maximum atomic E-state index is 12.3. The molecule has 1 aromatic heterocycles. The standard InChI is InChI=1S/C14H11F2NO3/c1-19-11-6-10(7-12(8-11)20-14(15)16)13(18)9-2-4-17-5-3-9/h2-8,14H,1H3. The third-order valence-corrected chi connectivity index (χ3v) is 2.55. The van der Waals surface area contributed by atoms with Gasteiger partial charge in [-0.3, -0.25) is 9.78 Å². The summed E-state index contributed by atoms with van der Waals surface area (Å²) in [6.45, 7) is -2.97. The fourth-order valence-electron chi connectivity index (χ4n) is 1.66. The molecule has 0 bridgehead atoms. The van der Waals surface area contributed by atoms with Crippen molar-refractivity contribution in [3.63, 3.8) is 0 Å². The van der Waals surface area contributed by atoms with Crippen molar-refractivity contribution in [2.75, 3.05) is 7.11 Å². The maximum absolute atomic E-state index is 12.3. The average molecular weight is 279 g/mol. The van der Waals surface area contributed by atoms with Crippen molar-refractivity contribution in [2.45, 2.75) is 6.61 Å². The second kappa shape index (κ2) is 6.10. The third kappa shape index (κ3) is 3.28. The van der Waals surface area contributed by atoms with E-state index in [4.69, 9.17) is 4.74 Å². The highest BCUT2D eigenvalue weighted by Crippen LogP contribution is 2.25. The van der Waals surface area contributed by atoms with E-state index in [1.165, 1.54) is 49.8 Å². The van der Waals surface area contributed by atoms with E-state index in [-0.39, 0.29) is 22.8 Å². The number of halogens is 2. The summed E-state index contributed by atoms with van der Waals surface area (Å²) >= 11 is 0. The van der Waals surface area contributed by atoms with Crippen LogP contribution in [0, 0.1) is 0 Å². The Morgan fingerprint density at radius 3 is 2.35 bits per heavy atom. The van der Waals surface area contributed by atoms with E-state index < -0.39 is 6.61 Å². The Labute approximate surface area is 114 Å². The predicted molar refractivity (Wildman–Crippen MR) is 67.3 cm³/mol. The number of hydrogen-bond acceptors (Lipinski definition) is 4. The molecule has 4 nitrogen and oxygen atoms in total. The molecule has 0 N–H and O–H groups in total. The molecule has 0 aliphatic carbocycles. The van der Waals surface area contributed by atoms with Crippen LogP contribution < -0.4 is 9.47 Å². The largest absolute Gasteiger partial charge is 0.497 e. The van der Waals surface area contributed by atoms with Gasteiger partial charge < -0.3 is 9.47 Å². The molecule has 0 unspecified atom stereocenters. The quantitative estimate of drug-likeness (QED) is 0.790. The molecule has 0 saturated heterocycles. The summed E-state index contributed by atoms with van der Waals surface area (Å²) in [5.41, 5.74) is 0.599. The zero-order valence-corrected chi connectivity index (χ0v) is 10.5. The lowest BCUT2D eigenvalue weighted by molar-refractivity contribution is -0.0499. The molecule has 0 amide bonds. The third-order valence-electron chi connectivity index (χ3n) is 2.55. The SMILES string of the molecule is COc1cc(OC(F)F)cc(C(=O)c2ccncc2)c1. The molecular formula is C14H11F2NO3. The van der Waals surface area contributed by atoms with E-state index in [9.17, 15) is 13.6 Å². The van der Waals surface area contributed by atoms with Crippen molar-refractivity contribution in [2.24, 2.45) is 0 Å². The smallest absolute Gasteiger partial charge is 0.387 e. The molecule has 1 heterocycles. The number of nitrogens with zero attached hydrogens (tertiary/aromatic N) is 1. The number of rotatable bonds is 5. The molecule has 2 rings (SSSR count). The van der Waals surface area contributed by atoms with Gasteiger partial charge >= 0.3 is 6.61 Å². The minimum absolute atomic E-state index is 0.128. The number of carbonyl (C=O) groups is 1. The molecule has 104 valence electrons. The van der Waals surface area contributed by atoms with E-state index in [1.807, 2.05) is 0 Å². The number of methoxy groups -OCH3 is 1.